The second-order valence-corrected chi connectivity index (χ2v) is 35.4. The van der Waals surface area contributed by atoms with Crippen LogP contribution in [0.25, 0.3) is 0 Å². The van der Waals surface area contributed by atoms with E-state index in [0.29, 0.717) is 12.2 Å². The van der Waals surface area contributed by atoms with Crippen molar-refractivity contribution in [1.82, 2.24) is 10.2 Å². The van der Waals surface area contributed by atoms with Gasteiger partial charge < -0.3 is 19.7 Å². The highest BCUT2D eigenvalue weighted by molar-refractivity contribution is 7.91. The Hall–Kier alpha value is -1.64. The Bertz CT molecular complexity index is 1720. The number of carbonyl (C=O) groups is 1. The van der Waals surface area contributed by atoms with Crippen LogP contribution < -0.4 is 10.1 Å². The Morgan fingerprint density at radius 2 is 0.523 bits per heavy atom. The van der Waals surface area contributed by atoms with E-state index < -0.39 is 9.84 Å². The minimum absolute atomic E-state index is 0.181. The van der Waals surface area contributed by atoms with Crippen LogP contribution in [0.3, 0.4) is 0 Å². The van der Waals surface area contributed by atoms with Crippen LogP contribution in [0, 0.1) is 0 Å². The Balaban J connectivity index is -0.000000327. The number of nitrogens with zero attached hydrogens (tertiary/aromatic N) is 1. The summed E-state index contributed by atoms with van der Waals surface area (Å²) < 4.78 is 32.0. The molecule has 0 fully saturated rings. The van der Waals surface area contributed by atoms with Gasteiger partial charge in [-0.3, -0.25) is 4.79 Å². The number of amides is 1. The van der Waals surface area contributed by atoms with Crippen LogP contribution in [0.15, 0.2) is 30.3 Å². The zero-order valence-corrected chi connectivity index (χ0v) is 80.1. The van der Waals surface area contributed by atoms with Crippen molar-refractivity contribution in [3.63, 3.8) is 0 Å². The molecule has 1 N–H and O–H groups in total. The molecule has 0 aliphatic carbocycles. The van der Waals surface area contributed by atoms with Crippen molar-refractivity contribution < 1.29 is 22.7 Å². The van der Waals surface area contributed by atoms with E-state index in [0.717, 1.165) is 57.8 Å². The predicted molar refractivity (Wildman–Crippen MR) is 507 cm³/mol. The first-order chi connectivity index (χ1) is 54.5. The van der Waals surface area contributed by atoms with Crippen LogP contribution in [0.1, 0.15) is 566 Å². The second-order valence-electron chi connectivity index (χ2n) is 33.0. The van der Waals surface area contributed by atoms with Crippen molar-refractivity contribution in [2.45, 2.75) is 566 Å². The van der Waals surface area contributed by atoms with Crippen molar-refractivity contribution in [2.24, 2.45) is 0 Å². The maximum absolute atomic E-state index is 11.0. The Labute approximate surface area is 703 Å². The van der Waals surface area contributed by atoms with Crippen molar-refractivity contribution in [1.29, 1.82) is 0 Å². The summed E-state index contributed by atoms with van der Waals surface area (Å²) >= 11 is 0. The summed E-state index contributed by atoms with van der Waals surface area (Å²) in [7, 11) is -2.67. The highest BCUT2D eigenvalue weighted by atomic mass is 32.2. The van der Waals surface area contributed by atoms with Crippen molar-refractivity contribution >= 4 is 15.7 Å². The largest absolute Gasteiger partial charge is 0.494 e. The highest BCUT2D eigenvalue weighted by Crippen LogP contribution is 2.19. The van der Waals surface area contributed by atoms with Gasteiger partial charge in [0.15, 0.2) is 0 Å². The Kier molecular flexibility index (Phi) is 127. The SMILES string of the molecule is CC.CCCCCCCCCCCCCCCCC.CCCCCCCCCCCCCCCCCCN(CCCC)CCCCCCCCCCCCCCCCCC.CCCCCCCCCCCCNC(=O)CC.CCCCCCCCCCCCOCCC.CCCOc1ccccc1.CCCS(=O)(=O)CC. The number of hydrogen-bond acceptors (Lipinski definition) is 6. The van der Waals surface area contributed by atoms with Gasteiger partial charge in [-0.1, -0.05) is 526 Å². The minimum atomic E-state index is -2.67. The lowest BCUT2D eigenvalue weighted by molar-refractivity contribution is -0.120. The maximum atomic E-state index is 11.0. The molecular weight excluding hydrogens is 1380 g/mol. The zero-order valence-electron chi connectivity index (χ0n) is 79.3. The lowest BCUT2D eigenvalue weighted by atomic mass is 10.0. The van der Waals surface area contributed by atoms with Crippen LogP contribution in [0.5, 0.6) is 5.75 Å². The number of sulfone groups is 1. The molecule has 0 aliphatic heterocycles. The van der Waals surface area contributed by atoms with E-state index in [1.807, 2.05) is 58.0 Å². The number of para-hydroxylation sites is 1. The van der Waals surface area contributed by atoms with Gasteiger partial charge >= 0.3 is 0 Å². The molecule has 1 rings (SSSR count). The number of hydrogen-bond donors (Lipinski definition) is 1. The van der Waals surface area contributed by atoms with Crippen LogP contribution in [0.4, 0.5) is 0 Å². The molecule has 0 aromatic heterocycles. The first kappa shape index (κ1) is 120. The predicted octanol–water partition coefficient (Wildman–Crippen LogP) is 35.6. The summed E-state index contributed by atoms with van der Waals surface area (Å²) in [5.41, 5.74) is 0. The molecule has 8 heteroatoms. The van der Waals surface area contributed by atoms with Crippen molar-refractivity contribution in [3.05, 3.63) is 30.3 Å². The summed E-state index contributed by atoms with van der Waals surface area (Å²) in [6, 6.07) is 9.88. The third-order valence-corrected chi connectivity index (χ3v) is 23.4. The number of carbonyl (C=O) groups excluding carboxylic acids is 1. The lowest BCUT2D eigenvalue weighted by Crippen LogP contribution is -2.27. The Morgan fingerprint density at radius 3 is 0.757 bits per heavy atom. The molecule has 0 aliphatic rings. The molecule has 1 aromatic carbocycles. The number of ether oxygens (including phenoxy) is 2. The van der Waals surface area contributed by atoms with Crippen molar-refractivity contribution in [2.75, 3.05) is 57.5 Å². The van der Waals surface area contributed by atoms with Gasteiger partial charge in [0.05, 0.1) is 6.61 Å². The monoisotopic (exact) mass is 1590 g/mol. The van der Waals surface area contributed by atoms with Gasteiger partial charge in [-0.05, 0) is 83.1 Å². The molecule has 670 valence electrons. The zero-order chi connectivity index (χ0) is 82.9. The Morgan fingerprint density at radius 1 is 0.279 bits per heavy atom. The molecule has 0 radical (unpaired) electrons. The normalized spacial score (nSPS) is 10.9. The molecule has 111 heavy (non-hydrogen) atoms. The molecule has 0 saturated carbocycles. The quantitative estimate of drug-likeness (QED) is 0.0654. The summed E-state index contributed by atoms with van der Waals surface area (Å²) in [6.07, 6.45) is 103. The fourth-order valence-electron chi connectivity index (χ4n) is 14.0. The van der Waals surface area contributed by atoms with Crippen LogP contribution >= 0.6 is 0 Å². The topological polar surface area (TPSA) is 84.9 Å². The number of benzene rings is 1. The highest BCUT2D eigenvalue weighted by Gasteiger charge is 2.07. The van der Waals surface area contributed by atoms with E-state index in [1.54, 1.807) is 6.92 Å². The molecule has 0 atom stereocenters. The molecule has 0 saturated heterocycles. The van der Waals surface area contributed by atoms with Gasteiger partial charge in [-0.15, -0.1) is 0 Å². The fraction of sp³-hybridized carbons (Fsp3) is 0.932. The molecule has 1 aromatic rings. The first-order valence-electron chi connectivity index (χ1n) is 51.0. The van der Waals surface area contributed by atoms with E-state index in [1.165, 1.54) is 456 Å². The standard InChI is InChI=1S/C40H83N.C17H36.C15H31NO.C15H32O.C9H12O.C5H12O2S.C2H6/c1-4-7-10-12-14-16-18-20-22-24-26-28-30-32-34-36-39-41(38-9-6-3)40-37-35-33-31-29-27-25-23-21-19-17-15-13-11-8-5-2;1-3-5-7-9-11-13-15-17-16-14-12-10-8-6-4-2;1-3-5-6-7-8-9-10-11-12-13-14-16-15(17)4-2;1-3-5-6-7-8-9-10-11-12-13-15-16-14-4-2;1-2-8-10-9-6-4-3-5-7-9;1-3-5-8(6,7)4-2;1-2/h4-40H2,1-3H3;3-17H2,1-2H3;3-14H2,1-2H3,(H,16,17);3-15H2,1-2H3;3-7H,2,8H2,1H3;3-5H2,1-2H3;1-2H3. The summed E-state index contributed by atoms with van der Waals surface area (Å²) in [5.74, 6) is 1.76. The number of unbranched alkanes of at least 4 members (excludes halogenated alkanes) is 63. The molecular formula is C103H212N2O5S. The summed E-state index contributed by atoms with van der Waals surface area (Å²) in [4.78, 5) is 13.8. The molecule has 0 spiro atoms. The number of rotatable bonds is 82. The second kappa shape index (κ2) is 117. The lowest BCUT2D eigenvalue weighted by Gasteiger charge is -2.22. The van der Waals surface area contributed by atoms with Gasteiger partial charge in [-0.25, -0.2) is 8.42 Å². The smallest absolute Gasteiger partial charge is 0.219 e. The van der Waals surface area contributed by atoms with Gasteiger partial charge in [0.1, 0.15) is 15.6 Å². The molecule has 1 amide bonds. The molecule has 0 unspecified atom stereocenters. The first-order valence-corrected chi connectivity index (χ1v) is 52.8. The van der Waals surface area contributed by atoms with Gasteiger partial charge in [0.2, 0.25) is 5.91 Å². The average Bonchev–Trinajstić information content (AvgIpc) is 0.981. The van der Waals surface area contributed by atoms with Crippen LogP contribution in [0.2, 0.25) is 0 Å². The molecule has 7 nitrogen and oxygen atoms in total. The average molecular weight is 1590 g/mol. The third-order valence-electron chi connectivity index (χ3n) is 21.5. The fourth-order valence-corrected chi connectivity index (χ4v) is 14.9. The van der Waals surface area contributed by atoms with Crippen molar-refractivity contribution in [3.8, 4) is 5.75 Å². The summed E-state index contributed by atoms with van der Waals surface area (Å²) in [6.45, 7) is 37.4. The van der Waals surface area contributed by atoms with E-state index >= 15 is 0 Å². The van der Waals surface area contributed by atoms with E-state index in [4.69, 9.17) is 9.47 Å². The van der Waals surface area contributed by atoms with E-state index in [2.05, 4.69) is 72.5 Å². The minimum Gasteiger partial charge on any atom is -0.494 e. The van der Waals surface area contributed by atoms with Crippen LogP contribution in [-0.2, 0) is 19.4 Å². The summed E-state index contributed by atoms with van der Waals surface area (Å²) in [5, 5.41) is 2.92. The molecule has 0 bridgehead atoms. The maximum Gasteiger partial charge on any atom is 0.219 e. The number of nitrogens with one attached hydrogen (secondary N) is 1. The van der Waals surface area contributed by atoms with E-state index in [-0.39, 0.29) is 11.7 Å². The van der Waals surface area contributed by atoms with Gasteiger partial charge in [-0.2, -0.15) is 0 Å². The van der Waals surface area contributed by atoms with E-state index in [9.17, 15) is 13.2 Å². The molecule has 0 heterocycles. The van der Waals surface area contributed by atoms with Gasteiger partial charge in [0.25, 0.3) is 0 Å². The van der Waals surface area contributed by atoms with Gasteiger partial charge in [0, 0.05) is 37.7 Å². The third kappa shape index (κ3) is 124. The van der Waals surface area contributed by atoms with Crippen LogP contribution in [-0.4, -0.2) is 76.7 Å².